The molecule has 19 heavy (non-hydrogen) atoms. The van der Waals surface area contributed by atoms with Gasteiger partial charge in [0.2, 0.25) is 5.91 Å². The molecule has 0 aliphatic carbocycles. The Morgan fingerprint density at radius 2 is 2.11 bits per heavy atom. The van der Waals surface area contributed by atoms with Crippen molar-refractivity contribution < 1.29 is 9.18 Å². The SMILES string of the molecule is CCCC(=O)NCc1c(F)cccc1N1CCCC1. The summed E-state index contributed by atoms with van der Waals surface area (Å²) in [7, 11) is 0. The van der Waals surface area contributed by atoms with Crippen molar-refractivity contribution in [1.29, 1.82) is 0 Å². The second-order valence-corrected chi connectivity index (χ2v) is 4.96. The molecule has 1 amide bonds. The summed E-state index contributed by atoms with van der Waals surface area (Å²) < 4.78 is 14.0. The topological polar surface area (TPSA) is 32.3 Å². The van der Waals surface area contributed by atoms with Crippen molar-refractivity contribution in [3.05, 3.63) is 29.6 Å². The van der Waals surface area contributed by atoms with Gasteiger partial charge in [-0.1, -0.05) is 13.0 Å². The van der Waals surface area contributed by atoms with Gasteiger partial charge >= 0.3 is 0 Å². The largest absolute Gasteiger partial charge is 0.371 e. The number of nitrogens with zero attached hydrogens (tertiary/aromatic N) is 1. The van der Waals surface area contributed by atoms with Gasteiger partial charge in [0, 0.05) is 37.3 Å². The standard InChI is InChI=1S/C15H21FN2O/c1-2-6-15(19)17-11-12-13(16)7-5-8-14(12)18-9-3-4-10-18/h5,7-8H,2-4,6,9-11H2,1H3,(H,17,19). The first-order chi connectivity index (χ1) is 9.22. The van der Waals surface area contributed by atoms with E-state index in [1.807, 2.05) is 13.0 Å². The Morgan fingerprint density at radius 1 is 1.37 bits per heavy atom. The van der Waals surface area contributed by atoms with E-state index in [0.717, 1.165) is 38.0 Å². The molecular formula is C15H21FN2O. The molecule has 1 aromatic rings. The molecular weight excluding hydrogens is 243 g/mol. The highest BCUT2D eigenvalue weighted by Crippen LogP contribution is 2.26. The number of hydrogen-bond donors (Lipinski definition) is 1. The molecule has 1 N–H and O–H groups in total. The lowest BCUT2D eigenvalue weighted by Crippen LogP contribution is -2.26. The molecule has 3 nitrogen and oxygen atoms in total. The molecule has 104 valence electrons. The third kappa shape index (κ3) is 3.46. The first kappa shape index (κ1) is 13.8. The third-order valence-corrected chi connectivity index (χ3v) is 3.48. The van der Waals surface area contributed by atoms with Crippen LogP contribution in [0.3, 0.4) is 0 Å². The molecule has 1 aromatic carbocycles. The lowest BCUT2D eigenvalue weighted by Gasteiger charge is -2.22. The van der Waals surface area contributed by atoms with Crippen LogP contribution in [-0.4, -0.2) is 19.0 Å². The Balaban J connectivity index is 2.11. The maximum atomic E-state index is 14.0. The molecule has 0 bridgehead atoms. The molecule has 1 aliphatic rings. The average molecular weight is 264 g/mol. The van der Waals surface area contributed by atoms with Crippen LogP contribution in [-0.2, 0) is 11.3 Å². The number of benzene rings is 1. The Labute approximate surface area is 113 Å². The molecule has 1 heterocycles. The molecule has 0 aromatic heterocycles. The summed E-state index contributed by atoms with van der Waals surface area (Å²) >= 11 is 0. The maximum absolute atomic E-state index is 14.0. The lowest BCUT2D eigenvalue weighted by molar-refractivity contribution is -0.121. The zero-order valence-electron chi connectivity index (χ0n) is 11.4. The van der Waals surface area contributed by atoms with E-state index in [1.54, 1.807) is 6.07 Å². The summed E-state index contributed by atoms with van der Waals surface area (Å²) in [4.78, 5) is 13.7. The summed E-state index contributed by atoms with van der Waals surface area (Å²) in [5, 5.41) is 2.80. The fourth-order valence-electron chi connectivity index (χ4n) is 2.48. The molecule has 0 radical (unpaired) electrons. The van der Waals surface area contributed by atoms with Gasteiger partial charge in [0.25, 0.3) is 0 Å². The van der Waals surface area contributed by atoms with Gasteiger partial charge in [-0.05, 0) is 31.4 Å². The zero-order chi connectivity index (χ0) is 13.7. The van der Waals surface area contributed by atoms with E-state index in [9.17, 15) is 9.18 Å². The first-order valence-electron chi connectivity index (χ1n) is 7.01. The number of carbonyl (C=O) groups is 1. The molecule has 0 atom stereocenters. The van der Waals surface area contributed by atoms with E-state index in [-0.39, 0.29) is 18.3 Å². The molecule has 0 unspecified atom stereocenters. The number of hydrogen-bond acceptors (Lipinski definition) is 2. The minimum absolute atomic E-state index is 0.0156. The minimum Gasteiger partial charge on any atom is -0.371 e. The number of amides is 1. The minimum atomic E-state index is -0.235. The second-order valence-electron chi connectivity index (χ2n) is 4.96. The van der Waals surface area contributed by atoms with Gasteiger partial charge in [-0.3, -0.25) is 4.79 Å². The first-order valence-corrected chi connectivity index (χ1v) is 7.01. The normalized spacial score (nSPS) is 14.7. The van der Waals surface area contributed by atoms with Crippen LogP contribution < -0.4 is 10.2 Å². The summed E-state index contributed by atoms with van der Waals surface area (Å²) in [5.41, 5.74) is 1.53. The van der Waals surface area contributed by atoms with Crippen LogP contribution in [0.5, 0.6) is 0 Å². The molecule has 1 aliphatic heterocycles. The number of anilines is 1. The van der Waals surface area contributed by atoms with Gasteiger partial charge in [0.1, 0.15) is 5.82 Å². The van der Waals surface area contributed by atoms with Crippen molar-refractivity contribution in [3.8, 4) is 0 Å². The molecule has 0 saturated carbocycles. The zero-order valence-corrected chi connectivity index (χ0v) is 11.4. The Hall–Kier alpha value is -1.58. The van der Waals surface area contributed by atoms with Crippen molar-refractivity contribution in [3.63, 3.8) is 0 Å². The van der Waals surface area contributed by atoms with Crippen LogP contribution in [0.25, 0.3) is 0 Å². The van der Waals surface area contributed by atoms with Gasteiger partial charge in [0.15, 0.2) is 0 Å². The van der Waals surface area contributed by atoms with Crippen LogP contribution in [0.4, 0.5) is 10.1 Å². The van der Waals surface area contributed by atoms with Crippen LogP contribution in [0.15, 0.2) is 18.2 Å². The summed E-state index contributed by atoms with van der Waals surface area (Å²) in [5.74, 6) is -0.251. The summed E-state index contributed by atoms with van der Waals surface area (Å²) in [6, 6.07) is 5.14. The van der Waals surface area contributed by atoms with Crippen molar-refractivity contribution >= 4 is 11.6 Å². The van der Waals surface area contributed by atoms with Gasteiger partial charge in [0.05, 0.1) is 0 Å². The van der Waals surface area contributed by atoms with Crippen LogP contribution in [0, 0.1) is 5.82 Å². The Morgan fingerprint density at radius 3 is 2.79 bits per heavy atom. The quantitative estimate of drug-likeness (QED) is 0.887. The number of rotatable bonds is 5. The van der Waals surface area contributed by atoms with Gasteiger partial charge < -0.3 is 10.2 Å². The molecule has 0 spiro atoms. The van der Waals surface area contributed by atoms with Crippen LogP contribution in [0.1, 0.15) is 38.2 Å². The highest BCUT2D eigenvalue weighted by molar-refractivity contribution is 5.76. The van der Waals surface area contributed by atoms with Crippen molar-refractivity contribution in [1.82, 2.24) is 5.32 Å². The second kappa shape index (κ2) is 6.55. The van der Waals surface area contributed by atoms with E-state index in [0.29, 0.717) is 12.0 Å². The van der Waals surface area contributed by atoms with E-state index < -0.39 is 0 Å². The van der Waals surface area contributed by atoms with Gasteiger partial charge in [-0.25, -0.2) is 4.39 Å². The highest BCUT2D eigenvalue weighted by Gasteiger charge is 2.18. The summed E-state index contributed by atoms with van der Waals surface area (Å²) in [6.45, 7) is 4.18. The average Bonchev–Trinajstić information content (AvgIpc) is 2.91. The van der Waals surface area contributed by atoms with Gasteiger partial charge in [-0.15, -0.1) is 0 Å². The van der Waals surface area contributed by atoms with Crippen molar-refractivity contribution in [2.24, 2.45) is 0 Å². The molecule has 1 saturated heterocycles. The van der Waals surface area contributed by atoms with Crippen molar-refractivity contribution in [2.45, 2.75) is 39.2 Å². The van der Waals surface area contributed by atoms with E-state index >= 15 is 0 Å². The third-order valence-electron chi connectivity index (χ3n) is 3.48. The maximum Gasteiger partial charge on any atom is 0.220 e. The molecule has 2 rings (SSSR count). The fourth-order valence-corrected chi connectivity index (χ4v) is 2.48. The monoisotopic (exact) mass is 264 g/mol. The number of halogens is 1. The summed E-state index contributed by atoms with van der Waals surface area (Å²) in [6.07, 6.45) is 3.60. The number of nitrogens with one attached hydrogen (secondary N) is 1. The Kier molecular flexibility index (Phi) is 4.77. The highest BCUT2D eigenvalue weighted by atomic mass is 19.1. The fraction of sp³-hybridized carbons (Fsp3) is 0.533. The van der Waals surface area contributed by atoms with E-state index in [1.165, 1.54) is 6.07 Å². The lowest BCUT2D eigenvalue weighted by atomic mass is 10.1. The molecule has 4 heteroatoms. The van der Waals surface area contributed by atoms with E-state index in [4.69, 9.17) is 0 Å². The predicted octanol–water partition coefficient (Wildman–Crippen LogP) is 2.84. The number of carbonyl (C=O) groups excluding carboxylic acids is 1. The van der Waals surface area contributed by atoms with Gasteiger partial charge in [-0.2, -0.15) is 0 Å². The van der Waals surface area contributed by atoms with Crippen molar-refractivity contribution in [2.75, 3.05) is 18.0 Å². The molecule has 1 fully saturated rings. The van der Waals surface area contributed by atoms with E-state index in [2.05, 4.69) is 10.2 Å². The van der Waals surface area contributed by atoms with Crippen LogP contribution >= 0.6 is 0 Å². The predicted molar refractivity (Wildman–Crippen MR) is 74.6 cm³/mol. The smallest absolute Gasteiger partial charge is 0.220 e. The van der Waals surface area contributed by atoms with Crippen LogP contribution in [0.2, 0.25) is 0 Å². The Bertz CT molecular complexity index is 442.